The molecule has 23 heavy (non-hydrogen) atoms. The molecule has 0 unspecified atom stereocenters. The van der Waals surface area contributed by atoms with Crippen LogP contribution in [0.4, 0.5) is 0 Å². The molecular weight excluding hydrogens is 288 g/mol. The van der Waals surface area contributed by atoms with Gasteiger partial charge in [-0.1, -0.05) is 56.9 Å². The molecule has 0 aliphatic carbocycles. The third kappa shape index (κ3) is 16.9. The average molecular weight is 322 g/mol. The fraction of sp³-hybridized carbons (Fsp3) is 0.750. The van der Waals surface area contributed by atoms with E-state index in [2.05, 4.69) is 24.8 Å². The first-order valence-electron chi connectivity index (χ1n) is 9.20. The summed E-state index contributed by atoms with van der Waals surface area (Å²) >= 11 is 0. The number of carbonyl (C=O) groups is 1. The second kappa shape index (κ2) is 17.1. The Hall–Kier alpha value is -1.27. The predicted molar refractivity (Wildman–Crippen MR) is 96.0 cm³/mol. The summed E-state index contributed by atoms with van der Waals surface area (Å²) in [5.41, 5.74) is 0. The van der Waals surface area contributed by atoms with Crippen LogP contribution < -0.4 is 0 Å². The molecule has 0 radical (unpaired) electrons. The zero-order valence-corrected chi connectivity index (χ0v) is 15.0. The lowest BCUT2D eigenvalue weighted by atomic mass is 10.1. The van der Waals surface area contributed by atoms with E-state index in [1.165, 1.54) is 12.8 Å². The average Bonchev–Trinajstić information content (AvgIpc) is 2.53. The fourth-order valence-electron chi connectivity index (χ4n) is 2.24. The first-order valence-corrected chi connectivity index (χ1v) is 9.20. The number of unbranched alkanes of at least 4 members (excludes halogenated alkanes) is 7. The van der Waals surface area contributed by atoms with E-state index in [0.29, 0.717) is 13.0 Å². The number of allylic oxidation sites excluding steroid dienone is 2. The van der Waals surface area contributed by atoms with E-state index in [1.54, 1.807) is 0 Å². The van der Waals surface area contributed by atoms with Crippen molar-refractivity contribution in [3.8, 4) is 11.8 Å². The first-order chi connectivity index (χ1) is 11.2. The van der Waals surface area contributed by atoms with Gasteiger partial charge in [0.1, 0.15) is 6.10 Å². The number of hydrogen-bond acceptors (Lipinski definition) is 3. The maximum absolute atomic E-state index is 11.1. The Morgan fingerprint density at radius 3 is 2.57 bits per heavy atom. The molecule has 0 aromatic carbocycles. The van der Waals surface area contributed by atoms with Gasteiger partial charge >= 0.3 is 5.97 Å². The van der Waals surface area contributed by atoms with Crippen LogP contribution in [0, 0.1) is 11.8 Å². The van der Waals surface area contributed by atoms with Crippen molar-refractivity contribution in [1.82, 2.24) is 0 Å². The molecule has 0 heterocycles. The van der Waals surface area contributed by atoms with Crippen LogP contribution in [0.15, 0.2) is 12.2 Å². The Labute approximate surface area is 142 Å². The van der Waals surface area contributed by atoms with Gasteiger partial charge in [0.15, 0.2) is 0 Å². The lowest BCUT2D eigenvalue weighted by Crippen LogP contribution is -2.03. The number of aliphatic hydroxyl groups is 1. The second-order valence-electron chi connectivity index (χ2n) is 5.81. The van der Waals surface area contributed by atoms with Crippen molar-refractivity contribution in [2.24, 2.45) is 0 Å². The molecule has 0 bridgehead atoms. The lowest BCUT2D eigenvalue weighted by Gasteiger charge is -2.01. The Morgan fingerprint density at radius 1 is 1.09 bits per heavy atom. The molecule has 0 saturated carbocycles. The van der Waals surface area contributed by atoms with Crippen LogP contribution in [0.3, 0.4) is 0 Å². The van der Waals surface area contributed by atoms with Gasteiger partial charge in [-0.05, 0) is 45.1 Å². The molecule has 1 N–H and O–H groups in total. The van der Waals surface area contributed by atoms with Gasteiger partial charge in [0.25, 0.3) is 0 Å². The summed E-state index contributed by atoms with van der Waals surface area (Å²) in [4.78, 5) is 11.1. The Kier molecular flexibility index (Phi) is 16.1. The van der Waals surface area contributed by atoms with Crippen molar-refractivity contribution >= 4 is 5.97 Å². The maximum Gasteiger partial charge on any atom is 0.305 e. The van der Waals surface area contributed by atoms with Gasteiger partial charge in [0.05, 0.1) is 6.61 Å². The van der Waals surface area contributed by atoms with Gasteiger partial charge in [-0.25, -0.2) is 0 Å². The minimum atomic E-state index is -0.481. The highest BCUT2D eigenvalue weighted by Gasteiger charge is 2.00. The smallest absolute Gasteiger partial charge is 0.305 e. The maximum atomic E-state index is 11.1. The summed E-state index contributed by atoms with van der Waals surface area (Å²) in [5, 5.41) is 9.63. The third-order valence-corrected chi connectivity index (χ3v) is 3.59. The van der Waals surface area contributed by atoms with Crippen LogP contribution in [0.2, 0.25) is 0 Å². The normalized spacial score (nSPS) is 12.0. The number of rotatable bonds is 13. The number of hydrogen-bond donors (Lipinski definition) is 1. The van der Waals surface area contributed by atoms with Crippen LogP contribution in [-0.4, -0.2) is 23.8 Å². The Bertz CT molecular complexity index is 363. The summed E-state index contributed by atoms with van der Waals surface area (Å²) < 4.78 is 4.89. The van der Waals surface area contributed by atoms with Gasteiger partial charge in [-0.2, -0.15) is 0 Å². The van der Waals surface area contributed by atoms with Gasteiger partial charge < -0.3 is 9.84 Å². The van der Waals surface area contributed by atoms with E-state index in [1.807, 2.05) is 13.0 Å². The van der Waals surface area contributed by atoms with E-state index in [9.17, 15) is 9.90 Å². The molecule has 0 aromatic rings. The van der Waals surface area contributed by atoms with Crippen LogP contribution in [-0.2, 0) is 9.53 Å². The van der Waals surface area contributed by atoms with Crippen molar-refractivity contribution in [2.75, 3.05) is 6.61 Å². The fourth-order valence-corrected chi connectivity index (χ4v) is 2.24. The molecular formula is C20H34O3. The molecule has 0 rings (SSSR count). The summed E-state index contributed by atoms with van der Waals surface area (Å²) in [6, 6.07) is 0. The number of aliphatic hydroxyl groups excluding tert-OH is 1. The molecule has 3 heteroatoms. The van der Waals surface area contributed by atoms with Crippen molar-refractivity contribution in [3.63, 3.8) is 0 Å². The van der Waals surface area contributed by atoms with Gasteiger partial charge in [-0.3, -0.25) is 4.79 Å². The van der Waals surface area contributed by atoms with Gasteiger partial charge in [0, 0.05) is 6.42 Å². The van der Waals surface area contributed by atoms with Gasteiger partial charge in [0.2, 0.25) is 0 Å². The van der Waals surface area contributed by atoms with Gasteiger partial charge in [-0.15, -0.1) is 0 Å². The first kappa shape index (κ1) is 21.7. The summed E-state index contributed by atoms with van der Waals surface area (Å²) in [5.74, 6) is 5.69. The van der Waals surface area contributed by atoms with Crippen molar-refractivity contribution in [1.29, 1.82) is 0 Å². The van der Waals surface area contributed by atoms with Crippen LogP contribution >= 0.6 is 0 Å². The van der Waals surface area contributed by atoms with E-state index in [-0.39, 0.29) is 5.97 Å². The molecule has 0 saturated heterocycles. The van der Waals surface area contributed by atoms with E-state index < -0.39 is 6.10 Å². The highest BCUT2D eigenvalue weighted by atomic mass is 16.5. The van der Waals surface area contributed by atoms with Crippen molar-refractivity contribution < 1.29 is 14.6 Å². The van der Waals surface area contributed by atoms with E-state index in [0.717, 1.165) is 51.4 Å². The lowest BCUT2D eigenvalue weighted by molar-refractivity contribution is -0.143. The molecule has 0 aliphatic heterocycles. The molecule has 0 fully saturated rings. The van der Waals surface area contributed by atoms with E-state index in [4.69, 9.17) is 4.74 Å². The monoisotopic (exact) mass is 322 g/mol. The molecule has 1 atom stereocenters. The quantitative estimate of drug-likeness (QED) is 0.301. The molecule has 3 nitrogen and oxygen atoms in total. The minimum absolute atomic E-state index is 0.0779. The van der Waals surface area contributed by atoms with Crippen molar-refractivity contribution in [3.05, 3.63) is 12.2 Å². The standard InChI is InChI=1S/C20H34O3/c1-3-5-13-16-19(21)17-14-11-9-7-6-8-10-12-15-18-20(22)23-4-2/h9,11,19,21H,3-8,10,12-13,15-16,18H2,1-2H3/b11-9-/t19-/m0/s1. The molecule has 0 aromatic heterocycles. The SMILES string of the molecule is CCCCC[C@H](O)C#C/C=C\CCCCCCCC(=O)OCC. The van der Waals surface area contributed by atoms with Crippen LogP contribution in [0.5, 0.6) is 0 Å². The largest absolute Gasteiger partial charge is 0.466 e. The molecule has 0 aliphatic rings. The molecule has 0 spiro atoms. The number of esters is 1. The van der Waals surface area contributed by atoms with Crippen LogP contribution in [0.25, 0.3) is 0 Å². The van der Waals surface area contributed by atoms with E-state index >= 15 is 0 Å². The third-order valence-electron chi connectivity index (χ3n) is 3.59. The summed E-state index contributed by atoms with van der Waals surface area (Å²) in [6.07, 6.45) is 14.7. The topological polar surface area (TPSA) is 46.5 Å². The molecule has 132 valence electrons. The Balaban J connectivity index is 3.42. The zero-order chi connectivity index (χ0) is 17.2. The highest BCUT2D eigenvalue weighted by Crippen LogP contribution is 2.08. The van der Waals surface area contributed by atoms with Crippen molar-refractivity contribution in [2.45, 2.75) is 90.6 Å². The zero-order valence-electron chi connectivity index (χ0n) is 15.0. The number of ether oxygens (including phenoxy) is 1. The summed E-state index contributed by atoms with van der Waals surface area (Å²) in [6.45, 7) is 4.47. The van der Waals surface area contributed by atoms with Crippen LogP contribution in [0.1, 0.15) is 84.5 Å². The molecule has 0 amide bonds. The highest BCUT2D eigenvalue weighted by molar-refractivity contribution is 5.69. The number of carbonyl (C=O) groups excluding carboxylic acids is 1. The predicted octanol–water partition coefficient (Wildman–Crippen LogP) is 4.78. The minimum Gasteiger partial charge on any atom is -0.466 e. The second-order valence-corrected chi connectivity index (χ2v) is 5.81. The summed E-state index contributed by atoms with van der Waals surface area (Å²) in [7, 11) is 0. The Morgan fingerprint density at radius 2 is 1.83 bits per heavy atom.